The quantitative estimate of drug-likeness (QED) is 0.843. The van der Waals surface area contributed by atoms with E-state index in [9.17, 15) is 4.79 Å². The van der Waals surface area contributed by atoms with E-state index in [0.717, 1.165) is 11.8 Å². The number of aromatic nitrogens is 1. The largest absolute Gasteiger partial charge is 0.319 e. The van der Waals surface area contributed by atoms with Crippen LogP contribution in [0.3, 0.4) is 0 Å². The van der Waals surface area contributed by atoms with Gasteiger partial charge in [-0.1, -0.05) is 29.8 Å². The first-order valence-corrected chi connectivity index (χ1v) is 6.03. The number of nitrogens with one attached hydrogen (secondary N) is 2. The van der Waals surface area contributed by atoms with Gasteiger partial charge in [-0.2, -0.15) is 0 Å². The summed E-state index contributed by atoms with van der Waals surface area (Å²) in [7, 11) is 0. The number of nitrogens with zero attached hydrogens (tertiary/aromatic N) is 1. The third-order valence-corrected chi connectivity index (χ3v) is 2.93. The van der Waals surface area contributed by atoms with Crippen molar-refractivity contribution in [1.29, 1.82) is 5.41 Å². The Labute approximate surface area is 116 Å². The molecule has 1 heterocycles. The molecule has 1 aromatic heterocycles. The van der Waals surface area contributed by atoms with Crippen LogP contribution in [0.2, 0.25) is 5.02 Å². The van der Waals surface area contributed by atoms with Gasteiger partial charge in [0.2, 0.25) is 0 Å². The van der Waals surface area contributed by atoms with E-state index in [1.165, 1.54) is 0 Å². The van der Waals surface area contributed by atoms with Crippen LogP contribution in [-0.2, 0) is 0 Å². The molecule has 1 amide bonds. The molecule has 19 heavy (non-hydrogen) atoms. The number of carbonyl (C=O) groups is 1. The summed E-state index contributed by atoms with van der Waals surface area (Å²) in [6.45, 7) is 1.86. The average molecular weight is 274 g/mol. The number of para-hydroxylation sites is 1. The van der Waals surface area contributed by atoms with Gasteiger partial charge in [0.15, 0.2) is 0 Å². The van der Waals surface area contributed by atoms with Gasteiger partial charge in [0.05, 0.1) is 16.4 Å². The van der Waals surface area contributed by atoms with Gasteiger partial charge in [-0.05, 0) is 30.7 Å². The molecule has 0 unspecified atom stereocenters. The molecule has 1 aromatic carbocycles. The molecule has 0 aliphatic rings. The molecule has 0 spiro atoms. The molecular weight excluding hydrogens is 262 g/mol. The van der Waals surface area contributed by atoms with E-state index in [-0.39, 0.29) is 11.6 Å². The smallest absolute Gasteiger partial charge is 0.274 e. The van der Waals surface area contributed by atoms with Crippen LogP contribution in [-0.4, -0.2) is 17.1 Å². The van der Waals surface area contributed by atoms with E-state index < -0.39 is 0 Å². The first-order chi connectivity index (χ1) is 9.11. The van der Waals surface area contributed by atoms with Crippen LogP contribution in [0.5, 0.6) is 0 Å². The van der Waals surface area contributed by atoms with Gasteiger partial charge < -0.3 is 10.7 Å². The van der Waals surface area contributed by atoms with Gasteiger partial charge in [0.1, 0.15) is 5.69 Å². The molecular formula is C14H12ClN3O. The van der Waals surface area contributed by atoms with Crippen molar-refractivity contribution in [3.05, 3.63) is 58.4 Å². The van der Waals surface area contributed by atoms with E-state index >= 15 is 0 Å². The minimum Gasteiger partial charge on any atom is -0.319 e. The third-order valence-electron chi connectivity index (χ3n) is 2.61. The Balaban J connectivity index is 2.28. The van der Waals surface area contributed by atoms with Crippen molar-refractivity contribution in [2.24, 2.45) is 0 Å². The average Bonchev–Trinajstić information content (AvgIpc) is 2.43. The second kappa shape index (κ2) is 5.63. The van der Waals surface area contributed by atoms with Crippen molar-refractivity contribution in [2.45, 2.75) is 6.92 Å². The number of hydrogen-bond donors (Lipinski definition) is 2. The summed E-state index contributed by atoms with van der Waals surface area (Å²) < 4.78 is 0. The molecule has 2 rings (SSSR count). The molecule has 0 fully saturated rings. The topological polar surface area (TPSA) is 65.8 Å². The Bertz CT molecular complexity index is 620. The molecule has 0 atom stereocenters. The zero-order valence-corrected chi connectivity index (χ0v) is 11.0. The maximum Gasteiger partial charge on any atom is 0.274 e. The lowest BCUT2D eigenvalue weighted by molar-refractivity contribution is 0.102. The summed E-state index contributed by atoms with van der Waals surface area (Å²) in [6, 6.07) is 10.3. The molecule has 4 nitrogen and oxygen atoms in total. The molecule has 0 radical (unpaired) electrons. The maximum absolute atomic E-state index is 12.1. The van der Waals surface area contributed by atoms with Crippen LogP contribution in [0.4, 0.5) is 5.69 Å². The first-order valence-electron chi connectivity index (χ1n) is 5.66. The van der Waals surface area contributed by atoms with Crippen molar-refractivity contribution >= 4 is 29.4 Å². The molecule has 5 heteroatoms. The predicted molar refractivity (Wildman–Crippen MR) is 76.3 cm³/mol. The fraction of sp³-hybridized carbons (Fsp3) is 0.0714. The van der Waals surface area contributed by atoms with Crippen molar-refractivity contribution in [2.75, 3.05) is 5.32 Å². The maximum atomic E-state index is 12.1. The van der Waals surface area contributed by atoms with Gasteiger partial charge >= 0.3 is 0 Å². The van der Waals surface area contributed by atoms with Crippen molar-refractivity contribution in [1.82, 2.24) is 4.98 Å². The SMILES string of the molecule is Cc1cccc(Cl)c1NC(=O)c1cccc(C=N)n1. The minimum atomic E-state index is -0.347. The van der Waals surface area contributed by atoms with Crippen LogP contribution in [0.25, 0.3) is 0 Å². The number of rotatable bonds is 3. The Morgan fingerprint density at radius 3 is 2.74 bits per heavy atom. The fourth-order valence-electron chi connectivity index (χ4n) is 1.63. The monoisotopic (exact) mass is 273 g/mol. The van der Waals surface area contributed by atoms with Crippen molar-refractivity contribution in [3.63, 3.8) is 0 Å². The van der Waals surface area contributed by atoms with Gasteiger partial charge in [-0.25, -0.2) is 4.98 Å². The Morgan fingerprint density at radius 1 is 1.32 bits per heavy atom. The number of hydrogen-bond acceptors (Lipinski definition) is 3. The van der Waals surface area contributed by atoms with E-state index in [2.05, 4.69) is 10.3 Å². The van der Waals surface area contributed by atoms with Crippen LogP contribution >= 0.6 is 11.6 Å². The summed E-state index contributed by atoms with van der Waals surface area (Å²) in [5.41, 5.74) is 2.14. The second-order valence-corrected chi connectivity index (χ2v) is 4.39. The zero-order chi connectivity index (χ0) is 13.8. The normalized spacial score (nSPS) is 10.0. The van der Waals surface area contributed by atoms with Crippen LogP contribution < -0.4 is 5.32 Å². The summed E-state index contributed by atoms with van der Waals surface area (Å²) in [6.07, 6.45) is 1.09. The lowest BCUT2D eigenvalue weighted by atomic mass is 10.2. The standard InChI is InChI=1S/C14H12ClN3O/c1-9-4-2-6-11(15)13(9)18-14(19)12-7-3-5-10(8-16)17-12/h2-8,16H,1H3,(H,18,19). The molecule has 0 saturated carbocycles. The lowest BCUT2D eigenvalue weighted by Gasteiger charge is -2.09. The number of amides is 1. The highest BCUT2D eigenvalue weighted by Gasteiger charge is 2.11. The predicted octanol–water partition coefficient (Wildman–Crippen LogP) is 3.29. The molecule has 2 N–H and O–H groups in total. The van der Waals surface area contributed by atoms with E-state index in [1.807, 2.05) is 19.1 Å². The molecule has 0 bridgehead atoms. The van der Waals surface area contributed by atoms with Gasteiger partial charge in [0, 0.05) is 6.21 Å². The number of aryl methyl sites for hydroxylation is 1. The number of benzene rings is 1. The van der Waals surface area contributed by atoms with Crippen LogP contribution in [0.1, 0.15) is 21.7 Å². The van der Waals surface area contributed by atoms with Crippen molar-refractivity contribution < 1.29 is 4.79 Å². The van der Waals surface area contributed by atoms with E-state index in [1.54, 1.807) is 24.3 Å². The molecule has 0 aliphatic heterocycles. The highest BCUT2D eigenvalue weighted by atomic mass is 35.5. The molecule has 2 aromatic rings. The minimum absolute atomic E-state index is 0.250. The molecule has 0 saturated heterocycles. The Morgan fingerprint density at radius 2 is 2.05 bits per heavy atom. The van der Waals surface area contributed by atoms with E-state index in [4.69, 9.17) is 17.0 Å². The van der Waals surface area contributed by atoms with Crippen LogP contribution in [0.15, 0.2) is 36.4 Å². The molecule has 96 valence electrons. The Kier molecular flexibility index (Phi) is 3.92. The Hall–Kier alpha value is -2.20. The number of pyridine rings is 1. The second-order valence-electron chi connectivity index (χ2n) is 3.98. The summed E-state index contributed by atoms with van der Waals surface area (Å²) >= 11 is 6.05. The first kappa shape index (κ1) is 13.2. The summed E-state index contributed by atoms with van der Waals surface area (Å²) in [5.74, 6) is -0.347. The number of anilines is 1. The zero-order valence-electron chi connectivity index (χ0n) is 10.3. The number of carbonyl (C=O) groups excluding carboxylic acids is 1. The van der Waals surface area contributed by atoms with Gasteiger partial charge in [-0.3, -0.25) is 4.79 Å². The molecule has 0 aliphatic carbocycles. The van der Waals surface area contributed by atoms with Gasteiger partial charge in [0.25, 0.3) is 5.91 Å². The lowest BCUT2D eigenvalue weighted by Crippen LogP contribution is -2.15. The summed E-state index contributed by atoms with van der Waals surface area (Å²) in [5, 5.41) is 10.4. The van der Waals surface area contributed by atoms with Crippen molar-refractivity contribution in [3.8, 4) is 0 Å². The van der Waals surface area contributed by atoms with Crippen LogP contribution in [0, 0.1) is 12.3 Å². The fourth-order valence-corrected chi connectivity index (χ4v) is 1.90. The highest BCUT2D eigenvalue weighted by molar-refractivity contribution is 6.34. The number of halogens is 1. The van der Waals surface area contributed by atoms with Gasteiger partial charge in [-0.15, -0.1) is 0 Å². The highest BCUT2D eigenvalue weighted by Crippen LogP contribution is 2.25. The summed E-state index contributed by atoms with van der Waals surface area (Å²) in [4.78, 5) is 16.1. The van der Waals surface area contributed by atoms with E-state index in [0.29, 0.717) is 16.4 Å². The third kappa shape index (κ3) is 2.98.